The Morgan fingerprint density at radius 1 is 0.700 bits per heavy atom. The van der Waals surface area contributed by atoms with Crippen LogP contribution in [0, 0.1) is 0 Å². The molecule has 0 aromatic rings. The Bertz CT molecular complexity index is 58.2. The van der Waals surface area contributed by atoms with Crippen LogP contribution in [0.2, 0.25) is 0 Å². The Morgan fingerprint density at radius 2 is 0.700 bits per heavy atom. The highest BCUT2D eigenvalue weighted by atomic mass is 127. The lowest BCUT2D eigenvalue weighted by molar-refractivity contribution is 4.79. The van der Waals surface area contributed by atoms with E-state index < -0.39 is 0.612 Å². The molecule has 0 saturated heterocycles. The van der Waals surface area contributed by atoms with Gasteiger partial charge in [0, 0.05) is 0 Å². The molecule has 0 rings (SSSR count). The summed E-state index contributed by atoms with van der Waals surface area (Å²) in [6.07, 6.45) is 0. The molecule has 0 unspecified atom stereocenters. The van der Waals surface area contributed by atoms with Gasteiger partial charge in [0.25, 0.3) is 0 Å². The molecule has 0 nitrogen and oxygen atoms in total. The Labute approximate surface area is 145 Å². The largest absolute Gasteiger partial charge is 0.336 e. The molecule has 0 radical (unpaired) electrons. The summed E-state index contributed by atoms with van der Waals surface area (Å²) in [7, 11) is 0. The van der Waals surface area contributed by atoms with Gasteiger partial charge in [-0.05, 0) is 0 Å². The highest BCUT2D eigenvalue weighted by Gasteiger charge is 2.14. The van der Waals surface area contributed by atoms with Crippen molar-refractivity contribution in [3.8, 4) is 0 Å². The third-order valence-corrected chi connectivity index (χ3v) is 0. The highest BCUT2D eigenvalue weighted by molar-refractivity contribution is 14.5. The van der Waals surface area contributed by atoms with Crippen LogP contribution in [0.15, 0.2) is 0 Å². The van der Waals surface area contributed by atoms with Crippen LogP contribution in [0.1, 0.15) is 0 Å². The van der Waals surface area contributed by atoms with Gasteiger partial charge in [-0.2, -0.15) is 0 Å². The van der Waals surface area contributed by atoms with Crippen molar-refractivity contribution in [1.82, 2.24) is 0 Å². The SMILES string of the molecule is Br[Si](Br)(Br)Br.I[Si](I)(I)I. The second-order valence-corrected chi connectivity index (χ2v) is 92.6. The average molecular weight is 883 g/mol. The van der Waals surface area contributed by atoms with Crippen molar-refractivity contribution >= 4 is 149 Å². The van der Waals surface area contributed by atoms with E-state index in [-0.39, 0.29) is 0 Å². The van der Waals surface area contributed by atoms with E-state index in [1.165, 1.54) is 0 Å². The maximum Gasteiger partial charge on any atom is 0.336 e. The standard InChI is InChI=1S/Br4Si.I4Si/c2*1-5(2,3)4. The fraction of sp³-hybridized carbons (Fsp3) is 0. The average Bonchev–Trinajstić information content (AvgIpc) is 1.12. The Morgan fingerprint density at radius 3 is 0.700 bits per heavy atom. The van der Waals surface area contributed by atoms with E-state index in [1.54, 1.807) is 0 Å². The van der Waals surface area contributed by atoms with E-state index >= 15 is 0 Å². The van der Waals surface area contributed by atoms with E-state index in [0.717, 1.165) is 0 Å². The van der Waals surface area contributed by atoms with Crippen molar-refractivity contribution in [3.63, 3.8) is 0 Å². The van der Waals surface area contributed by atoms with Crippen molar-refractivity contribution < 1.29 is 0 Å². The Kier molecular flexibility index (Phi) is 14.9. The van der Waals surface area contributed by atoms with E-state index in [1.807, 2.05) is 0 Å². The first-order valence-corrected chi connectivity index (χ1v) is 27.0. The summed E-state index contributed by atoms with van der Waals surface area (Å²) >= 11 is 23.0. The van der Waals surface area contributed by atoms with Crippen molar-refractivity contribution in [2.24, 2.45) is 0 Å². The summed E-state index contributed by atoms with van der Waals surface area (Å²) in [6.45, 7) is 0. The number of hydrogen-bond acceptors (Lipinski definition) is 0. The number of hydrogen-bond donors (Lipinski definition) is 0. The predicted octanol–water partition coefficient (Wildman–Crippen LogP) is 6.16. The van der Waals surface area contributed by atoms with E-state index in [2.05, 4.69) is 148 Å². The molecule has 10 heavy (non-hydrogen) atoms. The van der Waals surface area contributed by atoms with E-state index in [0.29, 0.717) is 0 Å². The zero-order valence-corrected chi connectivity index (χ0v) is 21.0. The van der Waals surface area contributed by atoms with Crippen LogP contribution in [-0.4, -0.2) is 0.612 Å². The molecule has 0 heterocycles. The third-order valence-electron chi connectivity index (χ3n) is 0. The molecular weight excluding hydrogens is 883 g/mol. The van der Waals surface area contributed by atoms with Gasteiger partial charge in [-0.25, -0.2) is 0 Å². The fourth-order valence-corrected chi connectivity index (χ4v) is 0. The number of rotatable bonds is 0. The normalized spacial score (nSPS) is 12.0. The molecule has 0 aromatic heterocycles. The summed E-state index contributed by atoms with van der Waals surface area (Å²) < 4.78 is -2.09. The van der Waals surface area contributed by atoms with E-state index in [9.17, 15) is 0 Å². The lowest BCUT2D eigenvalue weighted by Gasteiger charge is -1.89. The maximum absolute atomic E-state index is 3.26. The van der Waals surface area contributed by atoms with Crippen molar-refractivity contribution in [2.75, 3.05) is 0 Å². The van der Waals surface area contributed by atoms with Crippen LogP contribution in [0.3, 0.4) is 0 Å². The smallest absolute Gasteiger partial charge is 0.0840 e. The second kappa shape index (κ2) is 8.43. The molecule has 0 fully saturated rings. The van der Waals surface area contributed by atoms with Gasteiger partial charge in [-0.3, -0.25) is 0 Å². The molecule has 0 aliphatic heterocycles. The minimum absolute atomic E-state index is 0.731. The van der Waals surface area contributed by atoms with Crippen LogP contribution in [0.5, 0.6) is 0 Å². The molecule has 0 spiro atoms. The first-order chi connectivity index (χ1) is 4.00. The second-order valence-electron chi connectivity index (χ2n) is 0.857. The molecule has 64 valence electrons. The van der Waals surface area contributed by atoms with Gasteiger partial charge in [0.05, 0.1) is 0 Å². The minimum Gasteiger partial charge on any atom is -0.0840 e. The van der Waals surface area contributed by atoms with Gasteiger partial charge in [0.15, 0.2) is 0 Å². The van der Waals surface area contributed by atoms with Crippen molar-refractivity contribution in [2.45, 2.75) is 0 Å². The summed E-state index contributed by atoms with van der Waals surface area (Å²) in [5.41, 5.74) is 0. The molecule has 0 atom stereocenters. The summed E-state index contributed by atoms with van der Waals surface area (Å²) in [5.74, 6) is 0. The van der Waals surface area contributed by atoms with Gasteiger partial charge < -0.3 is 0 Å². The quantitative estimate of drug-likeness (QED) is 0.156. The zero-order chi connectivity index (χ0) is 9.00. The summed E-state index contributed by atoms with van der Waals surface area (Å²) in [6, 6.07) is 0. The summed E-state index contributed by atoms with van der Waals surface area (Å²) in [4.78, 5) is 0. The van der Waals surface area contributed by atoms with Gasteiger partial charge in [-0.1, -0.05) is 148 Å². The molecular formula is Br4I4Si2. The van der Waals surface area contributed by atoms with Crippen LogP contribution < -0.4 is 0 Å². The lowest BCUT2D eigenvalue weighted by atomic mass is 28.0. The molecule has 0 amide bonds. The third kappa shape index (κ3) is 71.9. The van der Waals surface area contributed by atoms with E-state index in [4.69, 9.17) is 0 Å². The summed E-state index contributed by atoms with van der Waals surface area (Å²) in [5, 5.41) is 0. The van der Waals surface area contributed by atoms with Gasteiger partial charge in [0.1, 0.15) is 0 Å². The van der Waals surface area contributed by atoms with Crippen LogP contribution in [0.4, 0.5) is 0 Å². The zero-order valence-electron chi connectivity index (χ0n) is 4.02. The van der Waals surface area contributed by atoms with Gasteiger partial charge >= 0.3 is 0.612 Å². The molecule has 0 aromatic carbocycles. The first-order valence-electron chi connectivity index (χ1n) is 1.51. The molecule has 0 aliphatic rings. The predicted molar refractivity (Wildman–Crippen MR) is 103 cm³/mol. The maximum atomic E-state index is 3.26. The Balaban J connectivity index is 0. The molecule has 0 N–H and O–H groups in total. The van der Waals surface area contributed by atoms with Gasteiger partial charge in [0.2, 0.25) is 0 Å². The molecule has 10 heteroatoms. The van der Waals surface area contributed by atoms with Crippen molar-refractivity contribution in [3.05, 3.63) is 0 Å². The van der Waals surface area contributed by atoms with Crippen LogP contribution >= 0.6 is 148 Å². The molecule has 0 saturated carbocycles. The topological polar surface area (TPSA) is 0 Å². The Hall–Kier alpha value is 5.27. The number of halogens is 8. The van der Waals surface area contributed by atoms with Crippen LogP contribution in [0.25, 0.3) is 0 Å². The van der Waals surface area contributed by atoms with Crippen molar-refractivity contribution in [1.29, 1.82) is 0 Å². The fourth-order valence-electron chi connectivity index (χ4n) is 0. The van der Waals surface area contributed by atoms with Gasteiger partial charge in [-0.15, -0.1) is 0 Å². The highest BCUT2D eigenvalue weighted by Crippen LogP contribution is 2.35. The molecule has 0 aliphatic carbocycles. The molecule has 0 bridgehead atoms. The monoisotopic (exact) mass is 879 g/mol. The lowest BCUT2D eigenvalue weighted by Crippen LogP contribution is -1.86. The first kappa shape index (κ1) is 17.7. The van der Waals surface area contributed by atoms with Crippen LogP contribution in [-0.2, 0) is 0 Å². The minimum atomic E-state index is -1.36.